The number of nitrogens with zero attached hydrogens (tertiary/aromatic N) is 1. The van der Waals surface area contributed by atoms with Crippen molar-refractivity contribution in [2.24, 2.45) is 0 Å². The minimum atomic E-state index is -0.180. The van der Waals surface area contributed by atoms with Gasteiger partial charge in [-0.15, -0.1) is 0 Å². The summed E-state index contributed by atoms with van der Waals surface area (Å²) in [5, 5.41) is 0. The third-order valence-electron chi connectivity index (χ3n) is 2.34. The molecule has 0 fully saturated rings. The Hall–Kier alpha value is -1.64. The Kier molecular flexibility index (Phi) is 5.59. The number of benzene rings is 1. The van der Waals surface area contributed by atoms with Gasteiger partial charge in [0.05, 0.1) is 11.1 Å². The molecule has 1 aromatic rings. The number of carbonyl (C=O) groups is 2. The minimum Gasteiger partial charge on any atom is -0.272 e. The van der Waals surface area contributed by atoms with Gasteiger partial charge in [-0.3, -0.25) is 14.5 Å². The molecule has 3 heteroatoms. The van der Waals surface area contributed by atoms with Crippen molar-refractivity contribution >= 4 is 11.8 Å². The molecule has 0 unspecified atom stereocenters. The summed E-state index contributed by atoms with van der Waals surface area (Å²) in [5.74, 6) is -0.360. The smallest absolute Gasteiger partial charge is 0.261 e. The minimum absolute atomic E-state index is 0. The molecule has 3 nitrogen and oxygen atoms in total. The summed E-state index contributed by atoms with van der Waals surface area (Å²) in [7, 11) is 0. The maximum absolute atomic E-state index is 11.8. The first-order chi connectivity index (χ1) is 7.63. The monoisotopic (exact) mass is 235 g/mol. The van der Waals surface area contributed by atoms with Gasteiger partial charge in [-0.05, 0) is 26.0 Å². The van der Waals surface area contributed by atoms with E-state index in [0.29, 0.717) is 11.1 Å². The summed E-state index contributed by atoms with van der Waals surface area (Å²) in [6, 6.07) is 6.85. The van der Waals surface area contributed by atoms with Crippen LogP contribution in [0.25, 0.3) is 0 Å². The van der Waals surface area contributed by atoms with E-state index in [1.54, 1.807) is 24.3 Å². The van der Waals surface area contributed by atoms with E-state index in [-0.39, 0.29) is 25.3 Å². The van der Waals surface area contributed by atoms with Gasteiger partial charge >= 0.3 is 0 Å². The molecule has 1 aliphatic rings. The summed E-state index contributed by atoms with van der Waals surface area (Å²) in [5.41, 5.74) is 1.04. The van der Waals surface area contributed by atoms with Crippen LogP contribution in [-0.2, 0) is 0 Å². The van der Waals surface area contributed by atoms with Crippen LogP contribution in [0.15, 0.2) is 24.3 Å². The third kappa shape index (κ3) is 2.54. The largest absolute Gasteiger partial charge is 0.272 e. The Bertz CT molecular complexity index is 375. The van der Waals surface area contributed by atoms with Crippen LogP contribution in [0.3, 0.4) is 0 Å². The highest BCUT2D eigenvalue weighted by molar-refractivity contribution is 6.21. The summed E-state index contributed by atoms with van der Waals surface area (Å²) >= 11 is 0. The van der Waals surface area contributed by atoms with Crippen LogP contribution >= 0.6 is 0 Å². The van der Waals surface area contributed by atoms with Crippen molar-refractivity contribution in [3.8, 4) is 0 Å². The van der Waals surface area contributed by atoms with Crippen LogP contribution in [0.4, 0.5) is 0 Å². The van der Waals surface area contributed by atoms with Gasteiger partial charge in [0.25, 0.3) is 11.8 Å². The van der Waals surface area contributed by atoms with E-state index in [1.807, 2.05) is 27.7 Å². The molecule has 1 aromatic carbocycles. The molecule has 0 radical (unpaired) electrons. The summed E-state index contributed by atoms with van der Waals surface area (Å²) < 4.78 is 0. The summed E-state index contributed by atoms with van der Waals surface area (Å²) in [6.45, 7) is 7.67. The van der Waals surface area contributed by atoms with E-state index in [2.05, 4.69) is 0 Å². The van der Waals surface area contributed by atoms with E-state index in [1.165, 1.54) is 4.90 Å². The number of hydrogen-bond donors (Lipinski definition) is 0. The SMILES string of the molecule is C.CC.CC(C)N1C(=O)c2ccccc2C1=O. The number of imide groups is 1. The second kappa shape index (κ2) is 6.18. The number of fused-ring (bicyclic) bond motifs is 1. The maximum atomic E-state index is 11.8. The summed E-state index contributed by atoms with van der Waals surface area (Å²) in [6.07, 6.45) is 0. The Morgan fingerprint density at radius 3 is 1.59 bits per heavy atom. The Morgan fingerprint density at radius 1 is 0.941 bits per heavy atom. The fourth-order valence-electron chi connectivity index (χ4n) is 1.68. The number of rotatable bonds is 1. The lowest BCUT2D eigenvalue weighted by molar-refractivity contribution is 0.0609. The van der Waals surface area contributed by atoms with E-state index in [9.17, 15) is 9.59 Å². The van der Waals surface area contributed by atoms with Crippen molar-refractivity contribution in [3.63, 3.8) is 0 Å². The molecular weight excluding hydrogens is 214 g/mol. The van der Waals surface area contributed by atoms with Gasteiger partial charge < -0.3 is 0 Å². The molecule has 0 aromatic heterocycles. The topological polar surface area (TPSA) is 37.4 Å². The lowest BCUT2D eigenvalue weighted by atomic mass is 10.1. The second-order valence-electron chi connectivity index (χ2n) is 3.62. The third-order valence-corrected chi connectivity index (χ3v) is 2.34. The van der Waals surface area contributed by atoms with E-state index >= 15 is 0 Å². The summed E-state index contributed by atoms with van der Waals surface area (Å²) in [4.78, 5) is 24.8. The standard InChI is InChI=1S/C11H11NO2.C2H6.CH4/c1-7(2)12-10(13)8-5-3-4-6-9(8)11(12)14;1-2;/h3-7H,1-2H3;1-2H3;1H4. The zero-order valence-corrected chi connectivity index (χ0v) is 10.2. The molecule has 0 atom stereocenters. The first-order valence-corrected chi connectivity index (χ1v) is 5.60. The molecule has 0 saturated heterocycles. The maximum Gasteiger partial charge on any atom is 0.261 e. The van der Waals surface area contributed by atoms with Crippen LogP contribution < -0.4 is 0 Å². The van der Waals surface area contributed by atoms with Crippen LogP contribution in [0.5, 0.6) is 0 Å². The highest BCUT2D eigenvalue weighted by Crippen LogP contribution is 2.23. The molecule has 1 aliphatic heterocycles. The van der Waals surface area contributed by atoms with Crippen molar-refractivity contribution in [1.82, 2.24) is 4.90 Å². The molecular formula is C14H21NO2. The van der Waals surface area contributed by atoms with Crippen LogP contribution in [0, 0.1) is 0 Å². The van der Waals surface area contributed by atoms with Gasteiger partial charge in [-0.25, -0.2) is 0 Å². The quantitative estimate of drug-likeness (QED) is 0.700. The molecule has 2 rings (SSSR count). The number of amides is 2. The second-order valence-corrected chi connectivity index (χ2v) is 3.62. The van der Waals surface area contributed by atoms with E-state index in [4.69, 9.17) is 0 Å². The highest BCUT2D eigenvalue weighted by Gasteiger charge is 2.36. The number of carbonyl (C=O) groups excluding carboxylic acids is 2. The highest BCUT2D eigenvalue weighted by atomic mass is 16.2. The van der Waals surface area contributed by atoms with Crippen molar-refractivity contribution in [2.45, 2.75) is 41.2 Å². The molecule has 0 aliphatic carbocycles. The van der Waals surface area contributed by atoms with Crippen molar-refractivity contribution in [2.75, 3.05) is 0 Å². The van der Waals surface area contributed by atoms with Crippen LogP contribution in [-0.4, -0.2) is 22.8 Å². The molecule has 2 amide bonds. The van der Waals surface area contributed by atoms with Gasteiger partial charge in [0, 0.05) is 6.04 Å². The molecule has 1 heterocycles. The van der Waals surface area contributed by atoms with Gasteiger partial charge in [-0.2, -0.15) is 0 Å². The zero-order valence-electron chi connectivity index (χ0n) is 10.2. The fraction of sp³-hybridized carbons (Fsp3) is 0.429. The number of hydrogen-bond acceptors (Lipinski definition) is 2. The zero-order chi connectivity index (χ0) is 12.3. The van der Waals surface area contributed by atoms with E-state index < -0.39 is 0 Å². The molecule has 0 spiro atoms. The molecule has 0 bridgehead atoms. The van der Waals surface area contributed by atoms with Crippen molar-refractivity contribution in [3.05, 3.63) is 35.4 Å². The fourth-order valence-corrected chi connectivity index (χ4v) is 1.68. The van der Waals surface area contributed by atoms with Gasteiger partial charge in [-0.1, -0.05) is 33.4 Å². The first-order valence-electron chi connectivity index (χ1n) is 5.60. The predicted molar refractivity (Wildman–Crippen MR) is 70.2 cm³/mol. The normalized spacial score (nSPS) is 12.9. The lowest BCUT2D eigenvalue weighted by Gasteiger charge is -2.17. The van der Waals surface area contributed by atoms with Crippen molar-refractivity contribution < 1.29 is 9.59 Å². The van der Waals surface area contributed by atoms with Crippen LogP contribution in [0.2, 0.25) is 0 Å². The molecule has 17 heavy (non-hydrogen) atoms. The average molecular weight is 235 g/mol. The van der Waals surface area contributed by atoms with E-state index in [0.717, 1.165) is 0 Å². The van der Waals surface area contributed by atoms with Crippen molar-refractivity contribution in [1.29, 1.82) is 0 Å². The average Bonchev–Trinajstić information content (AvgIpc) is 2.55. The molecule has 0 saturated carbocycles. The Morgan fingerprint density at radius 2 is 1.29 bits per heavy atom. The van der Waals surface area contributed by atoms with Gasteiger partial charge in [0.2, 0.25) is 0 Å². The Balaban J connectivity index is 0.000000811. The molecule has 0 N–H and O–H groups in total. The van der Waals surface area contributed by atoms with Gasteiger partial charge in [0.1, 0.15) is 0 Å². The predicted octanol–water partition coefficient (Wildman–Crippen LogP) is 3.35. The first kappa shape index (κ1) is 15.4. The van der Waals surface area contributed by atoms with Gasteiger partial charge in [0.15, 0.2) is 0 Å². The Labute approximate surface area is 103 Å². The van der Waals surface area contributed by atoms with Crippen LogP contribution in [0.1, 0.15) is 55.8 Å². The lowest BCUT2D eigenvalue weighted by Crippen LogP contribution is -2.35. The molecule has 94 valence electrons.